The molecular weight excluding hydrogens is 180 g/mol. The number of carbonyl (C=O) groups is 1. The molecular formula is C10H20N2O2. The van der Waals surface area contributed by atoms with Crippen molar-refractivity contribution in [3.8, 4) is 0 Å². The summed E-state index contributed by atoms with van der Waals surface area (Å²) in [5, 5.41) is 0. The number of hydrogen-bond acceptors (Lipinski definition) is 4. The van der Waals surface area contributed by atoms with E-state index >= 15 is 0 Å². The first kappa shape index (κ1) is 11.5. The largest absolute Gasteiger partial charge is 0.465 e. The van der Waals surface area contributed by atoms with Gasteiger partial charge in [-0.15, -0.1) is 0 Å². The van der Waals surface area contributed by atoms with E-state index < -0.39 is 0 Å². The minimum Gasteiger partial charge on any atom is -0.465 e. The van der Waals surface area contributed by atoms with Gasteiger partial charge in [-0.25, -0.2) is 0 Å². The molecule has 2 atom stereocenters. The highest BCUT2D eigenvalue weighted by atomic mass is 16.5. The summed E-state index contributed by atoms with van der Waals surface area (Å²) in [6.45, 7) is 6.57. The predicted molar refractivity (Wildman–Crippen MR) is 54.8 cm³/mol. The van der Waals surface area contributed by atoms with Gasteiger partial charge in [-0.1, -0.05) is 6.92 Å². The summed E-state index contributed by atoms with van der Waals surface area (Å²) >= 11 is 0. The van der Waals surface area contributed by atoms with Crippen LogP contribution in [0.5, 0.6) is 0 Å². The van der Waals surface area contributed by atoms with Crippen LogP contribution in [0.3, 0.4) is 0 Å². The maximum absolute atomic E-state index is 11.2. The van der Waals surface area contributed by atoms with Gasteiger partial charge in [0, 0.05) is 12.6 Å². The summed E-state index contributed by atoms with van der Waals surface area (Å²) in [5.41, 5.74) is 5.92. The first-order valence-corrected chi connectivity index (χ1v) is 5.27. The molecule has 4 nitrogen and oxygen atoms in total. The Balaban J connectivity index is 2.29. The van der Waals surface area contributed by atoms with Crippen molar-refractivity contribution in [2.75, 3.05) is 26.2 Å². The topological polar surface area (TPSA) is 55.6 Å². The SMILES string of the molecule is CCOC(=O)CN1CCC(C)C(N)C1. The molecule has 1 aliphatic heterocycles. The van der Waals surface area contributed by atoms with Crippen LogP contribution in [0.2, 0.25) is 0 Å². The lowest BCUT2D eigenvalue weighted by Gasteiger charge is -2.34. The summed E-state index contributed by atoms with van der Waals surface area (Å²) in [7, 11) is 0. The number of carbonyl (C=O) groups excluding carboxylic acids is 1. The molecule has 0 amide bonds. The lowest BCUT2D eigenvalue weighted by molar-refractivity contribution is -0.144. The van der Waals surface area contributed by atoms with Crippen molar-refractivity contribution in [3.63, 3.8) is 0 Å². The van der Waals surface area contributed by atoms with Crippen molar-refractivity contribution in [2.45, 2.75) is 26.3 Å². The summed E-state index contributed by atoms with van der Waals surface area (Å²) in [6, 6.07) is 0.193. The standard InChI is InChI=1S/C10H20N2O2/c1-3-14-10(13)7-12-5-4-8(2)9(11)6-12/h8-9H,3-7,11H2,1-2H3. The molecule has 0 spiro atoms. The van der Waals surface area contributed by atoms with Crippen LogP contribution in [-0.2, 0) is 9.53 Å². The molecule has 0 aliphatic carbocycles. The zero-order valence-corrected chi connectivity index (χ0v) is 9.03. The van der Waals surface area contributed by atoms with Gasteiger partial charge in [-0.3, -0.25) is 9.69 Å². The number of nitrogens with zero attached hydrogens (tertiary/aromatic N) is 1. The molecule has 0 bridgehead atoms. The lowest BCUT2D eigenvalue weighted by Crippen LogP contribution is -2.49. The van der Waals surface area contributed by atoms with Crippen LogP contribution in [0.1, 0.15) is 20.3 Å². The molecule has 0 saturated carbocycles. The van der Waals surface area contributed by atoms with E-state index in [1.165, 1.54) is 0 Å². The second-order valence-corrected chi connectivity index (χ2v) is 3.97. The molecule has 0 aromatic carbocycles. The van der Waals surface area contributed by atoms with E-state index in [2.05, 4.69) is 11.8 Å². The molecule has 4 heteroatoms. The van der Waals surface area contributed by atoms with Crippen LogP contribution in [0.25, 0.3) is 0 Å². The quantitative estimate of drug-likeness (QED) is 0.662. The summed E-state index contributed by atoms with van der Waals surface area (Å²) < 4.78 is 4.89. The first-order chi connectivity index (χ1) is 6.63. The van der Waals surface area contributed by atoms with Gasteiger partial charge in [0.2, 0.25) is 0 Å². The van der Waals surface area contributed by atoms with Crippen LogP contribution in [0.4, 0.5) is 0 Å². The maximum atomic E-state index is 11.2. The van der Waals surface area contributed by atoms with Gasteiger partial charge in [0.25, 0.3) is 0 Å². The van der Waals surface area contributed by atoms with Gasteiger partial charge >= 0.3 is 5.97 Å². The molecule has 82 valence electrons. The molecule has 1 heterocycles. The number of hydrogen-bond donors (Lipinski definition) is 1. The Hall–Kier alpha value is -0.610. The summed E-state index contributed by atoms with van der Waals surface area (Å²) in [5.74, 6) is 0.419. The Morgan fingerprint density at radius 1 is 1.64 bits per heavy atom. The minimum atomic E-state index is -0.144. The second-order valence-electron chi connectivity index (χ2n) is 3.97. The smallest absolute Gasteiger partial charge is 0.320 e. The van der Waals surface area contributed by atoms with Crippen molar-refractivity contribution in [1.29, 1.82) is 0 Å². The number of esters is 1. The third-order valence-corrected chi connectivity index (χ3v) is 2.76. The molecule has 0 aromatic heterocycles. The average molecular weight is 200 g/mol. The maximum Gasteiger partial charge on any atom is 0.320 e. The molecule has 14 heavy (non-hydrogen) atoms. The Bertz CT molecular complexity index is 197. The van der Waals surface area contributed by atoms with Gasteiger partial charge in [0.05, 0.1) is 13.2 Å². The number of ether oxygens (including phenoxy) is 1. The predicted octanol–water partition coefficient (Wildman–Crippen LogP) is 0.219. The highest BCUT2D eigenvalue weighted by Gasteiger charge is 2.24. The third kappa shape index (κ3) is 3.27. The van der Waals surface area contributed by atoms with E-state index in [1.807, 2.05) is 6.92 Å². The van der Waals surface area contributed by atoms with Crippen LogP contribution >= 0.6 is 0 Å². The van der Waals surface area contributed by atoms with Gasteiger partial charge in [-0.2, -0.15) is 0 Å². The molecule has 1 rings (SSSR count). The van der Waals surface area contributed by atoms with Crippen LogP contribution in [0, 0.1) is 5.92 Å². The molecule has 1 saturated heterocycles. The molecule has 2 unspecified atom stereocenters. The van der Waals surface area contributed by atoms with E-state index in [4.69, 9.17) is 10.5 Å². The molecule has 0 aromatic rings. The van der Waals surface area contributed by atoms with Gasteiger partial charge in [-0.05, 0) is 25.8 Å². The summed E-state index contributed by atoms with van der Waals surface area (Å²) in [4.78, 5) is 13.3. The monoisotopic (exact) mass is 200 g/mol. The Morgan fingerprint density at radius 2 is 2.36 bits per heavy atom. The van der Waals surface area contributed by atoms with Crippen molar-refractivity contribution < 1.29 is 9.53 Å². The number of nitrogens with two attached hydrogens (primary N) is 1. The van der Waals surface area contributed by atoms with Crippen LogP contribution in [-0.4, -0.2) is 43.2 Å². The fourth-order valence-electron chi connectivity index (χ4n) is 1.70. The molecule has 1 fully saturated rings. The highest BCUT2D eigenvalue weighted by Crippen LogP contribution is 2.14. The van der Waals surface area contributed by atoms with Crippen molar-refractivity contribution in [2.24, 2.45) is 11.7 Å². The van der Waals surface area contributed by atoms with Crippen molar-refractivity contribution >= 4 is 5.97 Å². The molecule has 1 aliphatic rings. The van der Waals surface area contributed by atoms with E-state index in [-0.39, 0.29) is 12.0 Å². The van der Waals surface area contributed by atoms with E-state index in [9.17, 15) is 4.79 Å². The van der Waals surface area contributed by atoms with E-state index in [1.54, 1.807) is 0 Å². The first-order valence-electron chi connectivity index (χ1n) is 5.27. The van der Waals surface area contributed by atoms with Crippen LogP contribution < -0.4 is 5.73 Å². The van der Waals surface area contributed by atoms with Crippen molar-refractivity contribution in [3.05, 3.63) is 0 Å². The second kappa shape index (κ2) is 5.32. The average Bonchev–Trinajstić information content (AvgIpc) is 2.12. The highest BCUT2D eigenvalue weighted by molar-refractivity contribution is 5.71. The number of likely N-dealkylation sites (tertiary alicyclic amines) is 1. The van der Waals surface area contributed by atoms with Gasteiger partial charge in [0.15, 0.2) is 0 Å². The van der Waals surface area contributed by atoms with E-state index in [0.29, 0.717) is 19.1 Å². The fraction of sp³-hybridized carbons (Fsp3) is 0.900. The van der Waals surface area contributed by atoms with Gasteiger partial charge in [0.1, 0.15) is 0 Å². The minimum absolute atomic E-state index is 0.144. The normalized spacial score (nSPS) is 28.8. The molecule has 2 N–H and O–H groups in total. The number of rotatable bonds is 3. The van der Waals surface area contributed by atoms with Crippen LogP contribution in [0.15, 0.2) is 0 Å². The lowest BCUT2D eigenvalue weighted by atomic mass is 9.94. The van der Waals surface area contributed by atoms with E-state index in [0.717, 1.165) is 19.5 Å². The number of piperidine rings is 1. The van der Waals surface area contributed by atoms with Gasteiger partial charge < -0.3 is 10.5 Å². The fourth-order valence-corrected chi connectivity index (χ4v) is 1.70. The molecule has 0 radical (unpaired) electrons. The van der Waals surface area contributed by atoms with Crippen molar-refractivity contribution in [1.82, 2.24) is 4.90 Å². The Morgan fingerprint density at radius 3 is 2.93 bits per heavy atom. The zero-order chi connectivity index (χ0) is 10.6. The summed E-state index contributed by atoms with van der Waals surface area (Å²) in [6.07, 6.45) is 1.07. The Labute approximate surface area is 85.4 Å². The Kier molecular flexibility index (Phi) is 4.35. The zero-order valence-electron chi connectivity index (χ0n) is 9.03. The third-order valence-electron chi connectivity index (χ3n) is 2.76.